The lowest BCUT2D eigenvalue weighted by molar-refractivity contribution is -0.132. The minimum absolute atomic E-state index is 0.0591. The Morgan fingerprint density at radius 2 is 1.76 bits per heavy atom. The highest BCUT2D eigenvalue weighted by molar-refractivity contribution is 7.18. The van der Waals surface area contributed by atoms with Gasteiger partial charge >= 0.3 is 5.91 Å². The Kier molecular flexibility index (Phi) is 6.33. The van der Waals surface area contributed by atoms with E-state index < -0.39 is 17.7 Å². The molecule has 0 spiro atoms. The summed E-state index contributed by atoms with van der Waals surface area (Å²) in [6, 6.07) is 11.5. The highest BCUT2D eigenvalue weighted by Gasteiger charge is 2.48. The minimum atomic E-state index is -0.931. The fourth-order valence-electron chi connectivity index (χ4n) is 4.57. The van der Waals surface area contributed by atoms with E-state index in [0.717, 1.165) is 16.9 Å². The first-order valence-corrected chi connectivity index (χ1v) is 12.8. The summed E-state index contributed by atoms with van der Waals surface area (Å²) in [6.45, 7) is 8.06. The zero-order valence-electron chi connectivity index (χ0n) is 20.9. The van der Waals surface area contributed by atoms with Gasteiger partial charge in [-0.15, -0.1) is 0 Å². The van der Waals surface area contributed by atoms with Crippen LogP contribution in [-0.4, -0.2) is 40.8 Å². The number of thiazole rings is 1. The molecule has 1 unspecified atom stereocenters. The third kappa shape index (κ3) is 4.29. The zero-order chi connectivity index (χ0) is 26.4. The second-order valence-corrected chi connectivity index (χ2v) is 10.3. The number of amides is 1. The van der Waals surface area contributed by atoms with E-state index in [9.17, 15) is 19.5 Å². The predicted octanol–water partition coefficient (Wildman–Crippen LogP) is 5.18. The number of fused-ring (bicyclic) bond motifs is 1. The van der Waals surface area contributed by atoms with Crippen molar-refractivity contribution in [2.24, 2.45) is 0 Å². The van der Waals surface area contributed by atoms with Gasteiger partial charge in [-0.25, -0.2) is 4.98 Å². The Bertz CT molecular complexity index is 1450. The van der Waals surface area contributed by atoms with E-state index >= 15 is 0 Å². The smallest absolute Gasteiger partial charge is 0.301 e. The minimum Gasteiger partial charge on any atom is -0.507 e. The Labute approximate surface area is 218 Å². The Morgan fingerprint density at radius 3 is 2.38 bits per heavy atom. The van der Waals surface area contributed by atoms with Gasteiger partial charge in [-0.2, -0.15) is 0 Å². The number of ketones is 2. The van der Waals surface area contributed by atoms with Crippen LogP contribution in [-0.2, 0) is 9.59 Å². The first-order valence-electron chi connectivity index (χ1n) is 12.0. The lowest BCUT2D eigenvalue weighted by atomic mass is 9.93. The topological polar surface area (TPSA) is 106 Å². The number of aromatic nitrogens is 1. The molecule has 1 atom stereocenters. The normalized spacial score (nSPS) is 18.5. The van der Waals surface area contributed by atoms with Gasteiger partial charge in [-0.05, 0) is 42.2 Å². The van der Waals surface area contributed by atoms with Crippen LogP contribution in [0.2, 0.25) is 0 Å². The average molecular weight is 519 g/mol. The molecule has 5 rings (SSSR count). The van der Waals surface area contributed by atoms with Crippen molar-refractivity contribution in [3.63, 3.8) is 0 Å². The Morgan fingerprint density at radius 1 is 1.08 bits per heavy atom. The van der Waals surface area contributed by atoms with Crippen molar-refractivity contribution in [3.8, 4) is 11.5 Å². The van der Waals surface area contributed by atoms with Gasteiger partial charge in [0.1, 0.15) is 19.0 Å². The van der Waals surface area contributed by atoms with E-state index in [0.29, 0.717) is 46.4 Å². The molecule has 2 aliphatic rings. The van der Waals surface area contributed by atoms with Crippen molar-refractivity contribution < 1.29 is 29.0 Å². The fourth-order valence-corrected chi connectivity index (χ4v) is 5.56. The maximum Gasteiger partial charge on any atom is 0.301 e. The number of anilines is 1. The molecule has 1 amide bonds. The molecule has 9 heteroatoms. The lowest BCUT2D eigenvalue weighted by Crippen LogP contribution is -2.29. The number of hydrogen-bond acceptors (Lipinski definition) is 8. The molecule has 1 saturated heterocycles. The second-order valence-electron chi connectivity index (χ2n) is 9.32. The predicted molar refractivity (Wildman–Crippen MR) is 140 cm³/mol. The SMILES string of the molecule is CC(=O)c1sc(N2C(=O)C(=O)/C(=C(/O)c3ccc4c(c3)OCCO4)C2c2ccc(C(C)C)cc2)nc1C. The van der Waals surface area contributed by atoms with Crippen LogP contribution < -0.4 is 14.4 Å². The van der Waals surface area contributed by atoms with Gasteiger partial charge in [0.15, 0.2) is 22.4 Å². The highest BCUT2D eigenvalue weighted by Crippen LogP contribution is 2.45. The molecule has 1 N–H and O–H groups in total. The molecule has 0 radical (unpaired) electrons. The van der Waals surface area contributed by atoms with E-state index in [1.807, 2.05) is 24.3 Å². The second kappa shape index (κ2) is 9.48. The van der Waals surface area contributed by atoms with Crippen LogP contribution in [0, 0.1) is 6.92 Å². The van der Waals surface area contributed by atoms with Crippen LogP contribution in [0.3, 0.4) is 0 Å². The molecule has 2 aromatic carbocycles. The van der Waals surface area contributed by atoms with Gasteiger partial charge in [0.2, 0.25) is 0 Å². The van der Waals surface area contributed by atoms with Crippen molar-refractivity contribution in [3.05, 3.63) is 75.3 Å². The van der Waals surface area contributed by atoms with Crippen LogP contribution in [0.4, 0.5) is 5.13 Å². The van der Waals surface area contributed by atoms with Crippen molar-refractivity contribution in [1.29, 1.82) is 0 Å². The third-order valence-corrected chi connectivity index (χ3v) is 7.75. The number of benzene rings is 2. The van der Waals surface area contributed by atoms with Gasteiger partial charge < -0.3 is 14.6 Å². The largest absolute Gasteiger partial charge is 0.507 e. The van der Waals surface area contributed by atoms with E-state index in [4.69, 9.17) is 9.47 Å². The number of hydrogen-bond donors (Lipinski definition) is 1. The summed E-state index contributed by atoms with van der Waals surface area (Å²) >= 11 is 1.06. The molecule has 2 aliphatic heterocycles. The van der Waals surface area contributed by atoms with Crippen LogP contribution in [0.5, 0.6) is 11.5 Å². The summed E-state index contributed by atoms with van der Waals surface area (Å²) in [4.78, 5) is 45.1. The molecule has 0 saturated carbocycles. The summed E-state index contributed by atoms with van der Waals surface area (Å²) in [6.07, 6.45) is 0. The highest BCUT2D eigenvalue weighted by atomic mass is 32.1. The number of Topliss-reactive ketones (excluding diaryl/α,β-unsaturated/α-hetero) is 2. The van der Waals surface area contributed by atoms with Gasteiger partial charge in [0.25, 0.3) is 5.78 Å². The molecule has 8 nitrogen and oxygen atoms in total. The first-order chi connectivity index (χ1) is 17.7. The van der Waals surface area contributed by atoms with Gasteiger partial charge in [0.05, 0.1) is 22.2 Å². The summed E-state index contributed by atoms with van der Waals surface area (Å²) in [5, 5.41) is 11.6. The number of rotatable bonds is 5. The number of aryl methyl sites for hydroxylation is 1. The molecule has 190 valence electrons. The number of carbonyl (C=O) groups excluding carboxylic acids is 3. The quantitative estimate of drug-likeness (QED) is 0.215. The van der Waals surface area contributed by atoms with Crippen molar-refractivity contribution >= 4 is 39.7 Å². The molecular weight excluding hydrogens is 492 g/mol. The Hall–Kier alpha value is -3.98. The molecular formula is C28H26N2O6S. The Balaban J connectivity index is 1.69. The molecule has 0 aliphatic carbocycles. The van der Waals surface area contributed by atoms with E-state index in [2.05, 4.69) is 18.8 Å². The van der Waals surface area contributed by atoms with E-state index in [-0.39, 0.29) is 28.2 Å². The molecule has 37 heavy (non-hydrogen) atoms. The van der Waals surface area contributed by atoms with Crippen LogP contribution in [0.25, 0.3) is 5.76 Å². The monoisotopic (exact) mass is 518 g/mol. The standard InChI is InChI=1S/C28H26N2O6S/c1-14(2)17-5-7-18(8-6-17)23-22(24(32)19-9-10-20-21(13-19)36-12-11-35-20)25(33)27(34)30(23)28-29-15(3)26(37-28)16(4)31/h5-10,13-14,23,32H,11-12H2,1-4H3/b24-22+. The average Bonchev–Trinajstić information content (AvgIpc) is 3.40. The first kappa shape index (κ1) is 24.7. The van der Waals surface area contributed by atoms with Crippen molar-refractivity contribution in [2.45, 2.75) is 39.7 Å². The summed E-state index contributed by atoms with van der Waals surface area (Å²) < 4.78 is 11.2. The number of ether oxygens (including phenoxy) is 2. The summed E-state index contributed by atoms with van der Waals surface area (Å²) in [5.74, 6) is -0.868. The van der Waals surface area contributed by atoms with Crippen molar-refractivity contribution in [1.82, 2.24) is 4.98 Å². The lowest BCUT2D eigenvalue weighted by Gasteiger charge is -2.24. The summed E-state index contributed by atoms with van der Waals surface area (Å²) in [7, 11) is 0. The van der Waals surface area contributed by atoms with Gasteiger partial charge in [-0.1, -0.05) is 49.4 Å². The summed E-state index contributed by atoms with van der Waals surface area (Å²) in [5.41, 5.74) is 2.48. The molecule has 3 heterocycles. The number of aliphatic hydroxyl groups is 1. The van der Waals surface area contributed by atoms with Crippen LogP contribution in [0.15, 0.2) is 48.0 Å². The van der Waals surface area contributed by atoms with Gasteiger partial charge in [0, 0.05) is 12.5 Å². The number of aliphatic hydroxyl groups excluding tert-OH is 1. The number of nitrogens with zero attached hydrogens (tertiary/aromatic N) is 2. The molecule has 0 bridgehead atoms. The van der Waals surface area contributed by atoms with Crippen LogP contribution in [0.1, 0.15) is 64.8 Å². The molecule has 1 aromatic heterocycles. The zero-order valence-corrected chi connectivity index (χ0v) is 21.7. The van der Waals surface area contributed by atoms with Crippen LogP contribution >= 0.6 is 11.3 Å². The third-order valence-electron chi connectivity index (χ3n) is 6.49. The van der Waals surface area contributed by atoms with Crippen molar-refractivity contribution in [2.75, 3.05) is 18.1 Å². The van der Waals surface area contributed by atoms with E-state index in [1.165, 1.54) is 11.8 Å². The molecule has 1 fully saturated rings. The number of carbonyl (C=O) groups is 3. The van der Waals surface area contributed by atoms with E-state index in [1.54, 1.807) is 25.1 Å². The van der Waals surface area contributed by atoms with Gasteiger partial charge in [-0.3, -0.25) is 19.3 Å². The maximum atomic E-state index is 13.4. The maximum absolute atomic E-state index is 13.4. The fraction of sp³-hybridized carbons (Fsp3) is 0.286. The molecule has 3 aromatic rings.